The number of hydrogen-bond donors (Lipinski definition) is 0. The van der Waals surface area contributed by atoms with Crippen LogP contribution in [0.15, 0.2) is 16.7 Å². The van der Waals surface area contributed by atoms with Crippen molar-refractivity contribution < 1.29 is 23.4 Å². The normalized spacial score (nSPS) is 14.2. The molecule has 0 amide bonds. The van der Waals surface area contributed by atoms with Crippen LogP contribution in [-0.2, 0) is 11.2 Å². The van der Waals surface area contributed by atoms with E-state index in [4.69, 9.17) is 18.6 Å². The fourth-order valence-corrected chi connectivity index (χ4v) is 2.32. The molecule has 0 saturated carbocycles. The summed E-state index contributed by atoms with van der Waals surface area (Å²) >= 11 is 0. The number of rotatable bonds is 2. The molecule has 1 aromatic heterocycles. The molecule has 0 radical (unpaired) electrons. The van der Waals surface area contributed by atoms with Crippen LogP contribution in [0, 0.1) is 0 Å². The Bertz CT molecular complexity index is 626. The molecule has 0 N–H and O–H groups in total. The van der Waals surface area contributed by atoms with Crippen molar-refractivity contribution in [1.82, 2.24) is 0 Å². The van der Waals surface area contributed by atoms with Crippen LogP contribution in [0.5, 0.6) is 17.2 Å². The van der Waals surface area contributed by atoms with Crippen LogP contribution < -0.4 is 14.2 Å². The minimum Gasteiger partial charge on any atom is -0.496 e. The van der Waals surface area contributed by atoms with E-state index in [1.165, 1.54) is 7.11 Å². The standard InChI is InChI=1S/C13H12O5/c1-15-10-7-3-4-9(14)18-12(7)13(16-2)11-8(10)5-6-17-11/h5-6H,3-4H2,1-2H3. The highest BCUT2D eigenvalue weighted by Crippen LogP contribution is 2.48. The first-order valence-electron chi connectivity index (χ1n) is 5.61. The van der Waals surface area contributed by atoms with E-state index in [1.807, 2.05) is 6.07 Å². The molecule has 0 spiro atoms. The fourth-order valence-electron chi connectivity index (χ4n) is 2.32. The van der Waals surface area contributed by atoms with Gasteiger partial charge in [-0.1, -0.05) is 0 Å². The Kier molecular flexibility index (Phi) is 2.40. The Morgan fingerprint density at radius 3 is 2.67 bits per heavy atom. The lowest BCUT2D eigenvalue weighted by atomic mass is 10.0. The Labute approximate surface area is 103 Å². The SMILES string of the molecule is COc1c2c(c(OC)c3occc13)OC(=O)CC2. The minimum absolute atomic E-state index is 0.270. The zero-order valence-corrected chi connectivity index (χ0v) is 10.1. The number of esters is 1. The quantitative estimate of drug-likeness (QED) is 0.603. The molecule has 1 aliphatic heterocycles. The molecule has 0 saturated heterocycles. The van der Waals surface area contributed by atoms with Gasteiger partial charge < -0.3 is 18.6 Å². The number of ether oxygens (including phenoxy) is 3. The van der Waals surface area contributed by atoms with E-state index < -0.39 is 0 Å². The van der Waals surface area contributed by atoms with E-state index >= 15 is 0 Å². The molecular formula is C13H12O5. The van der Waals surface area contributed by atoms with Crippen molar-refractivity contribution in [3.05, 3.63) is 17.9 Å². The molecule has 18 heavy (non-hydrogen) atoms. The van der Waals surface area contributed by atoms with Gasteiger partial charge in [0.15, 0.2) is 11.3 Å². The number of furan rings is 1. The summed E-state index contributed by atoms with van der Waals surface area (Å²) < 4.78 is 21.4. The summed E-state index contributed by atoms with van der Waals surface area (Å²) in [7, 11) is 3.11. The van der Waals surface area contributed by atoms with E-state index in [2.05, 4.69) is 0 Å². The smallest absolute Gasteiger partial charge is 0.311 e. The van der Waals surface area contributed by atoms with Gasteiger partial charge in [0.2, 0.25) is 5.75 Å². The summed E-state index contributed by atoms with van der Waals surface area (Å²) in [5.74, 6) is 1.27. The predicted molar refractivity (Wildman–Crippen MR) is 63.3 cm³/mol. The van der Waals surface area contributed by atoms with Crippen LogP contribution in [0.2, 0.25) is 0 Å². The van der Waals surface area contributed by atoms with E-state index in [0.717, 1.165) is 10.9 Å². The lowest BCUT2D eigenvalue weighted by Crippen LogP contribution is -2.17. The monoisotopic (exact) mass is 248 g/mol. The first kappa shape index (κ1) is 11.0. The second kappa shape index (κ2) is 3.94. The zero-order valence-electron chi connectivity index (χ0n) is 10.1. The summed E-state index contributed by atoms with van der Waals surface area (Å²) in [6.45, 7) is 0. The first-order chi connectivity index (χ1) is 8.76. The van der Waals surface area contributed by atoms with Gasteiger partial charge in [0.05, 0.1) is 32.3 Å². The largest absolute Gasteiger partial charge is 0.496 e. The Morgan fingerprint density at radius 2 is 1.94 bits per heavy atom. The maximum Gasteiger partial charge on any atom is 0.311 e. The van der Waals surface area contributed by atoms with Crippen LogP contribution in [0.25, 0.3) is 11.0 Å². The van der Waals surface area contributed by atoms with Gasteiger partial charge >= 0.3 is 5.97 Å². The van der Waals surface area contributed by atoms with E-state index in [9.17, 15) is 4.79 Å². The van der Waals surface area contributed by atoms with Crippen molar-refractivity contribution in [3.8, 4) is 17.2 Å². The summed E-state index contributed by atoms with van der Waals surface area (Å²) in [4.78, 5) is 11.4. The Morgan fingerprint density at radius 1 is 1.17 bits per heavy atom. The third-order valence-corrected chi connectivity index (χ3v) is 3.07. The molecule has 2 aromatic rings. The summed E-state index contributed by atoms with van der Waals surface area (Å²) in [5, 5.41) is 0.825. The van der Waals surface area contributed by atoms with Crippen LogP contribution in [-0.4, -0.2) is 20.2 Å². The predicted octanol–water partition coefficient (Wildman–Crippen LogP) is 2.30. The molecule has 3 rings (SSSR count). The highest BCUT2D eigenvalue weighted by Gasteiger charge is 2.29. The second-order valence-electron chi connectivity index (χ2n) is 4.01. The summed E-state index contributed by atoms with van der Waals surface area (Å²) in [6, 6.07) is 1.81. The average molecular weight is 248 g/mol. The van der Waals surface area contributed by atoms with Gasteiger partial charge in [0, 0.05) is 5.56 Å². The molecule has 0 unspecified atom stereocenters. The van der Waals surface area contributed by atoms with Gasteiger partial charge in [-0.05, 0) is 12.5 Å². The van der Waals surface area contributed by atoms with Crippen molar-refractivity contribution in [2.75, 3.05) is 14.2 Å². The van der Waals surface area contributed by atoms with Crippen molar-refractivity contribution in [1.29, 1.82) is 0 Å². The molecule has 0 bridgehead atoms. The highest BCUT2D eigenvalue weighted by atomic mass is 16.6. The molecule has 94 valence electrons. The lowest BCUT2D eigenvalue weighted by molar-refractivity contribution is -0.135. The zero-order chi connectivity index (χ0) is 12.7. The van der Waals surface area contributed by atoms with Gasteiger partial charge in [-0.2, -0.15) is 0 Å². The van der Waals surface area contributed by atoms with Crippen LogP contribution >= 0.6 is 0 Å². The van der Waals surface area contributed by atoms with E-state index in [0.29, 0.717) is 35.7 Å². The topological polar surface area (TPSA) is 57.9 Å². The van der Waals surface area contributed by atoms with Crippen molar-refractivity contribution in [2.24, 2.45) is 0 Å². The molecule has 0 fully saturated rings. The number of benzene rings is 1. The number of hydrogen-bond acceptors (Lipinski definition) is 5. The molecule has 1 aliphatic rings. The van der Waals surface area contributed by atoms with Crippen LogP contribution in [0.4, 0.5) is 0 Å². The van der Waals surface area contributed by atoms with Gasteiger partial charge in [0.1, 0.15) is 5.75 Å². The Balaban J connectivity index is 2.39. The van der Waals surface area contributed by atoms with E-state index in [-0.39, 0.29) is 5.97 Å². The fraction of sp³-hybridized carbons (Fsp3) is 0.308. The summed E-state index contributed by atoms with van der Waals surface area (Å²) in [5.41, 5.74) is 1.38. The van der Waals surface area contributed by atoms with Crippen LogP contribution in [0.1, 0.15) is 12.0 Å². The van der Waals surface area contributed by atoms with Crippen LogP contribution in [0.3, 0.4) is 0 Å². The van der Waals surface area contributed by atoms with Crippen molar-refractivity contribution in [3.63, 3.8) is 0 Å². The maximum atomic E-state index is 11.4. The van der Waals surface area contributed by atoms with Gasteiger partial charge in [-0.3, -0.25) is 4.79 Å². The van der Waals surface area contributed by atoms with Gasteiger partial charge in [-0.25, -0.2) is 0 Å². The van der Waals surface area contributed by atoms with Gasteiger partial charge in [-0.15, -0.1) is 0 Å². The first-order valence-corrected chi connectivity index (χ1v) is 5.61. The third kappa shape index (κ3) is 1.37. The minimum atomic E-state index is -0.270. The molecule has 5 nitrogen and oxygen atoms in total. The molecule has 0 atom stereocenters. The number of methoxy groups -OCH3 is 2. The van der Waals surface area contributed by atoms with Crippen molar-refractivity contribution in [2.45, 2.75) is 12.8 Å². The molecular weight excluding hydrogens is 236 g/mol. The average Bonchev–Trinajstić information content (AvgIpc) is 2.84. The highest BCUT2D eigenvalue weighted by molar-refractivity contribution is 5.95. The third-order valence-electron chi connectivity index (χ3n) is 3.07. The van der Waals surface area contributed by atoms with Crippen molar-refractivity contribution >= 4 is 16.9 Å². The molecule has 2 heterocycles. The maximum absolute atomic E-state index is 11.4. The Hall–Kier alpha value is -2.17. The second-order valence-corrected chi connectivity index (χ2v) is 4.01. The molecule has 1 aromatic carbocycles. The number of fused-ring (bicyclic) bond motifs is 2. The molecule has 0 aliphatic carbocycles. The lowest BCUT2D eigenvalue weighted by Gasteiger charge is -2.21. The molecule has 5 heteroatoms. The van der Waals surface area contributed by atoms with E-state index in [1.54, 1.807) is 13.4 Å². The number of carbonyl (C=O) groups is 1. The summed E-state index contributed by atoms with van der Waals surface area (Å²) in [6.07, 6.45) is 2.48. The number of carbonyl (C=O) groups excluding carboxylic acids is 1. The van der Waals surface area contributed by atoms with Gasteiger partial charge in [0.25, 0.3) is 0 Å².